The average molecular weight is 209 g/mol. The molecule has 1 aromatic rings. The molecule has 0 spiro atoms. The molecule has 14 heavy (non-hydrogen) atoms. The Bertz CT molecular complexity index is 349. The monoisotopic (exact) mass is 209 g/mol. The Morgan fingerprint density at radius 2 is 2.36 bits per heavy atom. The van der Waals surface area contributed by atoms with Gasteiger partial charge in [0.1, 0.15) is 11.6 Å². The van der Waals surface area contributed by atoms with Crippen molar-refractivity contribution in [3.8, 4) is 12.3 Å². The highest BCUT2D eigenvalue weighted by molar-refractivity contribution is 7.98. The van der Waals surface area contributed by atoms with Crippen LogP contribution in [0.4, 0.5) is 5.82 Å². The summed E-state index contributed by atoms with van der Waals surface area (Å²) in [5.41, 5.74) is 6.89. The predicted octanol–water partition coefficient (Wildman–Crippen LogP) is 1.31. The van der Waals surface area contributed by atoms with E-state index in [1.54, 1.807) is 11.8 Å². The van der Waals surface area contributed by atoms with Crippen LogP contribution in [0.5, 0.6) is 0 Å². The molecule has 0 aliphatic carbocycles. The van der Waals surface area contributed by atoms with E-state index in [0.717, 1.165) is 29.5 Å². The Hall–Kier alpha value is -1.08. The van der Waals surface area contributed by atoms with Crippen molar-refractivity contribution < 1.29 is 0 Å². The van der Waals surface area contributed by atoms with Crippen LogP contribution in [0.2, 0.25) is 0 Å². The van der Waals surface area contributed by atoms with E-state index in [-0.39, 0.29) is 0 Å². The third-order valence-electron chi connectivity index (χ3n) is 2.07. The van der Waals surface area contributed by atoms with Gasteiger partial charge in [-0.2, -0.15) is 11.8 Å². The molecule has 76 valence electrons. The molecule has 0 saturated carbocycles. The van der Waals surface area contributed by atoms with Gasteiger partial charge in [0, 0.05) is 6.42 Å². The lowest BCUT2D eigenvalue weighted by Gasteiger charge is -2.02. The Morgan fingerprint density at radius 1 is 1.64 bits per heavy atom. The smallest absolute Gasteiger partial charge is 0.127 e. The second-order valence-corrected chi connectivity index (χ2v) is 4.01. The molecule has 0 unspecified atom stereocenters. The van der Waals surface area contributed by atoms with E-state index in [1.165, 1.54) is 0 Å². The highest BCUT2D eigenvalue weighted by Gasteiger charge is 2.09. The fourth-order valence-corrected chi connectivity index (χ4v) is 1.71. The summed E-state index contributed by atoms with van der Waals surface area (Å²) in [6, 6.07) is 0. The van der Waals surface area contributed by atoms with Crippen LogP contribution in [-0.4, -0.2) is 21.6 Å². The van der Waals surface area contributed by atoms with Crippen LogP contribution in [0.25, 0.3) is 0 Å². The lowest BCUT2D eigenvalue weighted by molar-refractivity contribution is 0.807. The van der Waals surface area contributed by atoms with Crippen molar-refractivity contribution >= 4 is 17.6 Å². The molecule has 1 aromatic heterocycles. The van der Waals surface area contributed by atoms with Crippen molar-refractivity contribution in [1.29, 1.82) is 0 Å². The van der Waals surface area contributed by atoms with Crippen LogP contribution >= 0.6 is 11.8 Å². The zero-order valence-electron chi connectivity index (χ0n) is 8.58. The van der Waals surface area contributed by atoms with E-state index in [0.29, 0.717) is 6.54 Å². The number of anilines is 1. The molecule has 1 heterocycles. The fourth-order valence-electron chi connectivity index (χ4n) is 1.32. The molecule has 0 saturated heterocycles. The van der Waals surface area contributed by atoms with E-state index in [9.17, 15) is 0 Å². The normalized spacial score (nSPS) is 10.1. The van der Waals surface area contributed by atoms with Gasteiger partial charge in [-0.15, -0.1) is 6.42 Å². The van der Waals surface area contributed by atoms with Crippen molar-refractivity contribution in [3.05, 3.63) is 11.5 Å². The first-order valence-electron chi connectivity index (χ1n) is 4.44. The van der Waals surface area contributed by atoms with E-state index in [4.69, 9.17) is 12.2 Å². The first-order valence-corrected chi connectivity index (χ1v) is 5.84. The molecule has 0 amide bonds. The number of nitrogen functional groups attached to an aromatic ring is 1. The zero-order valence-corrected chi connectivity index (χ0v) is 9.40. The quantitative estimate of drug-likeness (QED) is 0.760. The molecule has 0 aliphatic rings. The van der Waals surface area contributed by atoms with Crippen molar-refractivity contribution in [2.45, 2.75) is 19.9 Å². The molecule has 4 heteroatoms. The Balaban J connectivity index is 2.87. The maximum atomic E-state index is 5.93. The summed E-state index contributed by atoms with van der Waals surface area (Å²) < 4.78 is 1.87. The number of hydrogen-bond acceptors (Lipinski definition) is 3. The van der Waals surface area contributed by atoms with Crippen LogP contribution in [0.1, 0.15) is 11.5 Å². The van der Waals surface area contributed by atoms with E-state index >= 15 is 0 Å². The highest BCUT2D eigenvalue weighted by atomic mass is 32.2. The lowest BCUT2D eigenvalue weighted by Crippen LogP contribution is -2.04. The third kappa shape index (κ3) is 2.24. The first-order chi connectivity index (χ1) is 6.70. The molecular weight excluding hydrogens is 194 g/mol. The van der Waals surface area contributed by atoms with E-state index in [1.807, 2.05) is 11.5 Å². The average Bonchev–Trinajstić information content (AvgIpc) is 2.43. The maximum absolute atomic E-state index is 5.93. The van der Waals surface area contributed by atoms with Gasteiger partial charge < -0.3 is 10.3 Å². The molecule has 1 rings (SSSR count). The van der Waals surface area contributed by atoms with E-state index < -0.39 is 0 Å². The van der Waals surface area contributed by atoms with Crippen LogP contribution in [0, 0.1) is 19.3 Å². The summed E-state index contributed by atoms with van der Waals surface area (Å²) >= 11 is 1.79. The van der Waals surface area contributed by atoms with Crippen LogP contribution in [0.3, 0.4) is 0 Å². The topological polar surface area (TPSA) is 43.8 Å². The van der Waals surface area contributed by atoms with Crippen molar-refractivity contribution in [2.24, 2.45) is 0 Å². The van der Waals surface area contributed by atoms with Gasteiger partial charge in [-0.05, 0) is 18.9 Å². The van der Waals surface area contributed by atoms with Crippen molar-refractivity contribution in [1.82, 2.24) is 9.55 Å². The van der Waals surface area contributed by atoms with Gasteiger partial charge in [-0.1, -0.05) is 5.92 Å². The van der Waals surface area contributed by atoms with Crippen LogP contribution in [0.15, 0.2) is 0 Å². The molecule has 0 bridgehead atoms. The zero-order chi connectivity index (χ0) is 10.6. The number of aryl methyl sites for hydroxylation is 2. The Morgan fingerprint density at radius 3 is 2.93 bits per heavy atom. The van der Waals surface area contributed by atoms with Crippen molar-refractivity contribution in [2.75, 3.05) is 17.7 Å². The lowest BCUT2D eigenvalue weighted by atomic mass is 10.3. The predicted molar refractivity (Wildman–Crippen MR) is 62.3 cm³/mol. The number of nitrogens with two attached hydrogens (primary N) is 1. The number of rotatable bonds is 4. The Labute approximate surface area is 89.1 Å². The Kier molecular flexibility index (Phi) is 3.90. The summed E-state index contributed by atoms with van der Waals surface area (Å²) in [6.07, 6.45) is 8.23. The van der Waals surface area contributed by atoms with Crippen LogP contribution in [-0.2, 0) is 13.0 Å². The van der Waals surface area contributed by atoms with Crippen molar-refractivity contribution in [3.63, 3.8) is 0 Å². The van der Waals surface area contributed by atoms with Gasteiger partial charge in [-0.25, -0.2) is 4.98 Å². The number of thioether (sulfide) groups is 1. The standard InChI is InChI=1S/C10H15N3S/c1-4-6-13-8(2)12-9(10(13)11)5-7-14-3/h1H,5-7,11H2,2-3H3. The fraction of sp³-hybridized carbons (Fsp3) is 0.500. The number of nitrogens with zero attached hydrogens (tertiary/aromatic N) is 2. The summed E-state index contributed by atoms with van der Waals surface area (Å²) in [4.78, 5) is 4.40. The number of hydrogen-bond donors (Lipinski definition) is 1. The molecule has 3 nitrogen and oxygen atoms in total. The first kappa shape index (κ1) is 11.0. The second kappa shape index (κ2) is 4.97. The van der Waals surface area contributed by atoms with Crippen LogP contribution < -0.4 is 5.73 Å². The molecule has 0 fully saturated rings. The van der Waals surface area contributed by atoms with Gasteiger partial charge in [0.2, 0.25) is 0 Å². The highest BCUT2D eigenvalue weighted by Crippen LogP contribution is 2.15. The minimum atomic E-state index is 0.504. The van der Waals surface area contributed by atoms with Gasteiger partial charge in [0.25, 0.3) is 0 Å². The molecule has 0 aliphatic heterocycles. The van der Waals surface area contributed by atoms with E-state index in [2.05, 4.69) is 17.2 Å². The number of aromatic nitrogens is 2. The summed E-state index contributed by atoms with van der Waals surface area (Å²) in [5, 5.41) is 0. The minimum absolute atomic E-state index is 0.504. The maximum Gasteiger partial charge on any atom is 0.127 e. The number of terminal acetylenes is 1. The van der Waals surface area contributed by atoms with Gasteiger partial charge >= 0.3 is 0 Å². The minimum Gasteiger partial charge on any atom is -0.384 e. The second-order valence-electron chi connectivity index (χ2n) is 3.02. The third-order valence-corrected chi connectivity index (χ3v) is 2.68. The number of imidazole rings is 1. The van der Waals surface area contributed by atoms with Gasteiger partial charge in [0.05, 0.1) is 12.2 Å². The largest absolute Gasteiger partial charge is 0.384 e. The van der Waals surface area contributed by atoms with Gasteiger partial charge in [0.15, 0.2) is 0 Å². The molecule has 0 atom stereocenters. The molecule has 2 N–H and O–H groups in total. The SMILES string of the molecule is C#CCn1c(C)nc(CCSC)c1N. The summed E-state index contributed by atoms with van der Waals surface area (Å²) in [7, 11) is 0. The van der Waals surface area contributed by atoms with Gasteiger partial charge in [-0.3, -0.25) is 0 Å². The summed E-state index contributed by atoms with van der Waals surface area (Å²) in [6.45, 7) is 2.43. The molecular formula is C10H15N3S. The molecule has 0 radical (unpaired) electrons. The molecule has 0 aromatic carbocycles. The summed E-state index contributed by atoms with van der Waals surface area (Å²) in [5.74, 6) is 5.23.